The molecule has 0 radical (unpaired) electrons. The van der Waals surface area contributed by atoms with Gasteiger partial charge in [0.05, 0.1) is 5.56 Å². The lowest BCUT2D eigenvalue weighted by Crippen LogP contribution is -1.88. The zero-order valence-corrected chi connectivity index (χ0v) is 7.67. The molecule has 0 aliphatic heterocycles. The molecule has 0 saturated carbocycles. The van der Waals surface area contributed by atoms with Gasteiger partial charge in [-0.15, -0.1) is 0 Å². The van der Waals surface area contributed by atoms with Crippen molar-refractivity contribution in [2.75, 3.05) is 0 Å². The first-order valence-corrected chi connectivity index (χ1v) is 4.01. The summed E-state index contributed by atoms with van der Waals surface area (Å²) >= 11 is 3.33. The van der Waals surface area contributed by atoms with E-state index in [-0.39, 0.29) is 6.04 Å². The first kappa shape index (κ1) is 8.22. The lowest BCUT2D eigenvalue weighted by Gasteiger charge is -2.00. The summed E-state index contributed by atoms with van der Waals surface area (Å²) in [5.74, 6) is 0. The van der Waals surface area contributed by atoms with Crippen LogP contribution in [0.2, 0.25) is 0 Å². The summed E-state index contributed by atoms with van der Waals surface area (Å²) in [5.41, 5.74) is 0.995. The van der Waals surface area contributed by atoms with Crippen LogP contribution < -0.4 is 0 Å². The number of hydrogen-bond acceptors (Lipinski definition) is 1. The zero-order valence-electron chi connectivity index (χ0n) is 6.08. The number of pyridine rings is 1. The lowest BCUT2D eigenvalue weighted by molar-refractivity contribution is 0.946. The highest BCUT2D eigenvalue weighted by molar-refractivity contribution is 9.10. The van der Waals surface area contributed by atoms with Gasteiger partial charge in [-0.25, -0.2) is 6.57 Å². The number of aromatic nitrogens is 1. The van der Waals surface area contributed by atoms with Gasteiger partial charge in [0, 0.05) is 23.8 Å². The summed E-state index contributed by atoms with van der Waals surface area (Å²) < 4.78 is 0.906. The molecule has 1 aromatic heterocycles. The van der Waals surface area contributed by atoms with Gasteiger partial charge in [0.15, 0.2) is 0 Å². The summed E-state index contributed by atoms with van der Waals surface area (Å²) in [4.78, 5) is 7.32. The van der Waals surface area contributed by atoms with Crippen LogP contribution in [0.25, 0.3) is 4.85 Å². The Balaban J connectivity index is 3.05. The van der Waals surface area contributed by atoms with E-state index in [9.17, 15) is 0 Å². The van der Waals surface area contributed by atoms with Crippen molar-refractivity contribution in [2.45, 2.75) is 13.0 Å². The molecular weight excluding hydrogens is 204 g/mol. The van der Waals surface area contributed by atoms with Crippen LogP contribution in [0.15, 0.2) is 22.9 Å². The van der Waals surface area contributed by atoms with Crippen molar-refractivity contribution in [1.82, 2.24) is 4.98 Å². The maximum Gasteiger partial charge on any atom is 0.247 e. The fourth-order valence-electron chi connectivity index (χ4n) is 0.794. The van der Waals surface area contributed by atoms with E-state index < -0.39 is 0 Å². The normalized spacial score (nSPS) is 12.1. The lowest BCUT2D eigenvalue weighted by atomic mass is 10.1. The molecule has 0 spiro atoms. The molecule has 1 atom stereocenters. The molecular formula is C8H7BrN2. The van der Waals surface area contributed by atoms with E-state index in [4.69, 9.17) is 6.57 Å². The Morgan fingerprint density at radius 2 is 2.45 bits per heavy atom. The highest BCUT2D eigenvalue weighted by Gasteiger charge is 2.10. The van der Waals surface area contributed by atoms with Crippen LogP contribution in [0.1, 0.15) is 18.5 Å². The molecule has 0 saturated heterocycles. The van der Waals surface area contributed by atoms with Crippen molar-refractivity contribution >= 4 is 15.9 Å². The monoisotopic (exact) mass is 210 g/mol. The molecule has 3 heteroatoms. The van der Waals surface area contributed by atoms with Crippen molar-refractivity contribution in [2.24, 2.45) is 0 Å². The maximum atomic E-state index is 6.83. The summed E-state index contributed by atoms with van der Waals surface area (Å²) in [6, 6.07) is 1.76. The van der Waals surface area contributed by atoms with Gasteiger partial charge >= 0.3 is 0 Å². The Labute approximate surface area is 74.2 Å². The molecule has 11 heavy (non-hydrogen) atoms. The molecule has 1 heterocycles. The van der Waals surface area contributed by atoms with Gasteiger partial charge in [-0.3, -0.25) is 4.98 Å². The Hall–Kier alpha value is -0.880. The molecule has 2 nitrogen and oxygen atoms in total. The van der Waals surface area contributed by atoms with Crippen LogP contribution in [-0.4, -0.2) is 4.98 Å². The van der Waals surface area contributed by atoms with Gasteiger partial charge in [0.25, 0.3) is 0 Å². The third-order valence-electron chi connectivity index (χ3n) is 1.45. The second-order valence-electron chi connectivity index (χ2n) is 2.20. The van der Waals surface area contributed by atoms with Crippen molar-refractivity contribution in [3.05, 3.63) is 39.9 Å². The Morgan fingerprint density at radius 1 is 1.73 bits per heavy atom. The van der Waals surface area contributed by atoms with Crippen molar-refractivity contribution in [3.8, 4) is 0 Å². The predicted molar refractivity (Wildman–Crippen MR) is 47.0 cm³/mol. The van der Waals surface area contributed by atoms with Crippen molar-refractivity contribution in [3.63, 3.8) is 0 Å². The average Bonchev–Trinajstić information content (AvgIpc) is 2.04. The number of rotatable bonds is 1. The predicted octanol–water partition coefficient (Wildman–Crippen LogP) is 2.82. The molecule has 0 fully saturated rings. The Bertz CT molecular complexity index is 290. The maximum absolute atomic E-state index is 6.83. The molecule has 56 valence electrons. The molecule has 0 aliphatic carbocycles. The van der Waals surface area contributed by atoms with Crippen LogP contribution in [0.3, 0.4) is 0 Å². The minimum Gasteiger partial charge on any atom is -0.309 e. The number of halogens is 1. The van der Waals surface area contributed by atoms with Gasteiger partial charge in [-0.05, 0) is 22.0 Å². The van der Waals surface area contributed by atoms with Crippen LogP contribution in [-0.2, 0) is 0 Å². The third-order valence-corrected chi connectivity index (χ3v) is 2.11. The Morgan fingerprint density at radius 3 is 3.00 bits per heavy atom. The van der Waals surface area contributed by atoms with Crippen LogP contribution in [0, 0.1) is 6.57 Å². The minimum absolute atomic E-state index is 0.0904. The first-order valence-electron chi connectivity index (χ1n) is 3.21. The molecule has 1 rings (SSSR count). The molecule has 0 amide bonds. The fourth-order valence-corrected chi connectivity index (χ4v) is 1.38. The fraction of sp³-hybridized carbons (Fsp3) is 0.250. The van der Waals surface area contributed by atoms with E-state index >= 15 is 0 Å². The topological polar surface area (TPSA) is 17.2 Å². The molecule has 1 unspecified atom stereocenters. The van der Waals surface area contributed by atoms with E-state index in [0.717, 1.165) is 10.0 Å². The van der Waals surface area contributed by atoms with Gasteiger partial charge < -0.3 is 4.85 Å². The number of hydrogen-bond donors (Lipinski definition) is 0. The van der Waals surface area contributed by atoms with Crippen LogP contribution >= 0.6 is 15.9 Å². The summed E-state index contributed by atoms with van der Waals surface area (Å²) in [5, 5.41) is 0. The quantitative estimate of drug-likeness (QED) is 0.652. The van der Waals surface area contributed by atoms with E-state index in [1.807, 2.05) is 13.0 Å². The van der Waals surface area contributed by atoms with E-state index in [2.05, 4.69) is 25.8 Å². The van der Waals surface area contributed by atoms with Gasteiger partial charge in [-0.2, -0.15) is 0 Å². The zero-order chi connectivity index (χ0) is 8.27. The van der Waals surface area contributed by atoms with E-state index in [1.165, 1.54) is 0 Å². The molecule has 0 aromatic carbocycles. The Kier molecular flexibility index (Phi) is 2.61. The van der Waals surface area contributed by atoms with Crippen molar-refractivity contribution < 1.29 is 0 Å². The summed E-state index contributed by atoms with van der Waals surface area (Å²) in [7, 11) is 0. The van der Waals surface area contributed by atoms with Gasteiger partial charge in [0.2, 0.25) is 6.04 Å². The molecule has 0 N–H and O–H groups in total. The summed E-state index contributed by atoms with van der Waals surface area (Å²) in [6.07, 6.45) is 3.40. The summed E-state index contributed by atoms with van der Waals surface area (Å²) in [6.45, 7) is 8.69. The van der Waals surface area contributed by atoms with Crippen LogP contribution in [0.5, 0.6) is 0 Å². The largest absolute Gasteiger partial charge is 0.309 e. The van der Waals surface area contributed by atoms with E-state index in [1.54, 1.807) is 12.4 Å². The molecule has 0 bridgehead atoms. The van der Waals surface area contributed by atoms with Crippen molar-refractivity contribution in [1.29, 1.82) is 0 Å². The van der Waals surface area contributed by atoms with E-state index in [0.29, 0.717) is 0 Å². The van der Waals surface area contributed by atoms with Gasteiger partial charge in [0.1, 0.15) is 0 Å². The average molecular weight is 211 g/mol. The minimum atomic E-state index is -0.0904. The molecule has 1 aromatic rings. The highest BCUT2D eigenvalue weighted by atomic mass is 79.9. The standard InChI is InChI=1S/C8H7BrN2/c1-6(10-2)7-3-4-11-5-8(7)9/h3-6H,1H3. The van der Waals surface area contributed by atoms with Crippen LogP contribution in [0.4, 0.5) is 0 Å². The van der Waals surface area contributed by atoms with Gasteiger partial charge in [-0.1, -0.05) is 0 Å². The first-order chi connectivity index (χ1) is 5.25. The third kappa shape index (κ3) is 1.78. The smallest absolute Gasteiger partial charge is 0.247 e. The second-order valence-corrected chi connectivity index (χ2v) is 3.06. The molecule has 0 aliphatic rings. The number of nitrogens with zero attached hydrogens (tertiary/aromatic N) is 2. The second kappa shape index (κ2) is 3.49. The SMILES string of the molecule is [C-]#[N+]C(C)c1ccncc1Br. The highest BCUT2D eigenvalue weighted by Crippen LogP contribution is 2.23.